The Morgan fingerprint density at radius 1 is 1.38 bits per heavy atom. The van der Waals surface area contributed by atoms with E-state index >= 15 is 0 Å². The lowest BCUT2D eigenvalue weighted by molar-refractivity contribution is 0.619. The topological polar surface area (TPSA) is 26.0 Å². The van der Waals surface area contributed by atoms with E-state index in [9.17, 15) is 4.39 Å². The first-order valence-corrected chi connectivity index (χ1v) is 6.51. The molecule has 0 saturated heterocycles. The van der Waals surface area contributed by atoms with E-state index in [0.29, 0.717) is 4.47 Å². The van der Waals surface area contributed by atoms with Crippen molar-refractivity contribution in [2.45, 2.75) is 13.0 Å². The second-order valence-corrected chi connectivity index (χ2v) is 5.42. The normalized spacial score (nSPS) is 12.8. The summed E-state index contributed by atoms with van der Waals surface area (Å²) in [6.45, 7) is 2.03. The highest BCUT2D eigenvalue weighted by Gasteiger charge is 2.13. The second kappa shape index (κ2) is 4.65. The zero-order valence-corrected chi connectivity index (χ0v) is 11.1. The van der Waals surface area contributed by atoms with E-state index < -0.39 is 0 Å². The van der Waals surface area contributed by atoms with Gasteiger partial charge in [-0.3, -0.25) is 0 Å². The molecular formula is C12H11BrFNS. The van der Waals surface area contributed by atoms with Gasteiger partial charge in [0.1, 0.15) is 5.82 Å². The monoisotopic (exact) mass is 299 g/mol. The predicted molar refractivity (Wildman–Crippen MR) is 69.2 cm³/mol. The first-order valence-electron chi connectivity index (χ1n) is 4.84. The highest BCUT2D eigenvalue weighted by molar-refractivity contribution is 9.10. The van der Waals surface area contributed by atoms with Crippen molar-refractivity contribution in [3.8, 4) is 0 Å². The van der Waals surface area contributed by atoms with Crippen molar-refractivity contribution in [2.75, 3.05) is 0 Å². The number of hydrogen-bond donors (Lipinski definition) is 1. The molecule has 2 N–H and O–H groups in total. The summed E-state index contributed by atoms with van der Waals surface area (Å²) in [5.41, 5.74) is 8.24. The summed E-state index contributed by atoms with van der Waals surface area (Å²) in [5, 5.41) is 2.02. The van der Waals surface area contributed by atoms with Gasteiger partial charge >= 0.3 is 0 Å². The number of halogens is 2. The van der Waals surface area contributed by atoms with Crippen LogP contribution in [0, 0.1) is 12.7 Å². The van der Waals surface area contributed by atoms with Crippen molar-refractivity contribution in [3.63, 3.8) is 0 Å². The van der Waals surface area contributed by atoms with Crippen molar-refractivity contribution < 1.29 is 4.39 Å². The molecule has 2 aromatic rings. The van der Waals surface area contributed by atoms with Gasteiger partial charge in [-0.15, -0.1) is 11.3 Å². The van der Waals surface area contributed by atoms with E-state index in [-0.39, 0.29) is 11.9 Å². The van der Waals surface area contributed by atoms with Crippen LogP contribution in [0.15, 0.2) is 34.1 Å². The lowest BCUT2D eigenvalue weighted by atomic mass is 10.0. The largest absolute Gasteiger partial charge is 0.320 e. The summed E-state index contributed by atoms with van der Waals surface area (Å²) >= 11 is 4.80. The number of hydrogen-bond acceptors (Lipinski definition) is 2. The van der Waals surface area contributed by atoms with E-state index in [2.05, 4.69) is 15.9 Å². The Labute approximate surface area is 106 Å². The van der Waals surface area contributed by atoms with E-state index in [1.807, 2.05) is 18.4 Å². The summed E-state index contributed by atoms with van der Waals surface area (Å²) in [7, 11) is 0. The molecule has 0 aliphatic heterocycles. The van der Waals surface area contributed by atoms with Gasteiger partial charge in [0.2, 0.25) is 0 Å². The van der Waals surface area contributed by atoms with Gasteiger partial charge in [0, 0.05) is 4.88 Å². The minimum atomic E-state index is -0.265. The van der Waals surface area contributed by atoms with Gasteiger partial charge in [0.05, 0.1) is 10.5 Å². The third-order valence-corrected chi connectivity index (χ3v) is 4.20. The molecule has 1 aromatic carbocycles. The Bertz CT molecular complexity index is 509. The molecule has 0 saturated carbocycles. The third-order valence-electron chi connectivity index (χ3n) is 2.49. The summed E-state index contributed by atoms with van der Waals surface area (Å²) in [6, 6.07) is 6.75. The molecule has 1 heterocycles. The molecule has 1 unspecified atom stereocenters. The molecule has 84 valence electrons. The van der Waals surface area contributed by atoms with Crippen molar-refractivity contribution in [1.29, 1.82) is 0 Å². The van der Waals surface area contributed by atoms with Crippen LogP contribution in [0.2, 0.25) is 0 Å². The fourth-order valence-corrected chi connectivity index (χ4v) is 2.91. The number of aryl methyl sites for hydroxylation is 1. The fraction of sp³-hybridized carbons (Fsp3) is 0.167. The Hall–Kier alpha value is -0.710. The number of thiophene rings is 1. The summed E-state index contributed by atoms with van der Waals surface area (Å²) in [6.07, 6.45) is 0. The molecular weight excluding hydrogens is 289 g/mol. The standard InChI is InChI=1S/C12H11BrFNS/c1-7-4-5-16-12(7)11(15)8-2-3-10(14)9(13)6-8/h2-6,11H,15H2,1H3. The quantitative estimate of drug-likeness (QED) is 0.891. The van der Waals surface area contributed by atoms with Crippen molar-refractivity contribution in [3.05, 3.63) is 55.9 Å². The maximum absolute atomic E-state index is 13.1. The summed E-state index contributed by atoms with van der Waals surface area (Å²) < 4.78 is 13.6. The van der Waals surface area contributed by atoms with Crippen molar-refractivity contribution in [1.82, 2.24) is 0 Å². The van der Waals surface area contributed by atoms with E-state index in [1.54, 1.807) is 23.5 Å². The van der Waals surface area contributed by atoms with Gasteiger partial charge in [0.25, 0.3) is 0 Å². The number of benzene rings is 1. The van der Waals surface area contributed by atoms with Crippen LogP contribution in [0.4, 0.5) is 4.39 Å². The van der Waals surface area contributed by atoms with Gasteiger partial charge < -0.3 is 5.73 Å². The first kappa shape index (κ1) is 11.8. The molecule has 0 spiro atoms. The molecule has 0 radical (unpaired) electrons. The van der Waals surface area contributed by atoms with Crippen LogP contribution in [0.25, 0.3) is 0 Å². The average Bonchev–Trinajstić information content (AvgIpc) is 2.67. The van der Waals surface area contributed by atoms with Gasteiger partial charge in [0.15, 0.2) is 0 Å². The Balaban J connectivity index is 2.38. The van der Waals surface area contributed by atoms with E-state index in [1.165, 1.54) is 11.6 Å². The van der Waals surface area contributed by atoms with Gasteiger partial charge in [-0.25, -0.2) is 4.39 Å². The lowest BCUT2D eigenvalue weighted by Gasteiger charge is -2.12. The minimum Gasteiger partial charge on any atom is -0.320 e. The molecule has 0 amide bonds. The molecule has 0 aliphatic rings. The maximum atomic E-state index is 13.1. The van der Waals surface area contributed by atoms with Gasteiger partial charge in [-0.05, 0) is 57.6 Å². The van der Waals surface area contributed by atoms with Gasteiger partial charge in [-0.2, -0.15) is 0 Å². The van der Waals surface area contributed by atoms with Crippen LogP contribution in [-0.2, 0) is 0 Å². The molecule has 1 nitrogen and oxygen atoms in total. The Kier molecular flexibility index (Phi) is 3.42. The molecule has 0 aliphatic carbocycles. The predicted octanol–water partition coefficient (Wildman–Crippen LogP) is 4.01. The molecule has 0 bridgehead atoms. The lowest BCUT2D eigenvalue weighted by Crippen LogP contribution is -2.11. The Morgan fingerprint density at radius 2 is 2.12 bits per heavy atom. The van der Waals surface area contributed by atoms with Crippen LogP contribution in [0.1, 0.15) is 22.0 Å². The SMILES string of the molecule is Cc1ccsc1C(N)c1ccc(F)c(Br)c1. The zero-order valence-electron chi connectivity index (χ0n) is 8.71. The number of nitrogens with two attached hydrogens (primary N) is 1. The van der Waals surface area contributed by atoms with E-state index in [4.69, 9.17) is 5.73 Å². The molecule has 1 atom stereocenters. The second-order valence-electron chi connectivity index (χ2n) is 3.62. The smallest absolute Gasteiger partial charge is 0.137 e. The zero-order chi connectivity index (χ0) is 11.7. The average molecular weight is 300 g/mol. The summed E-state index contributed by atoms with van der Waals surface area (Å²) in [5.74, 6) is -0.265. The maximum Gasteiger partial charge on any atom is 0.137 e. The first-order chi connectivity index (χ1) is 7.59. The van der Waals surface area contributed by atoms with Crippen molar-refractivity contribution >= 4 is 27.3 Å². The highest BCUT2D eigenvalue weighted by Crippen LogP contribution is 2.29. The number of rotatable bonds is 2. The molecule has 0 fully saturated rings. The van der Waals surface area contributed by atoms with Crippen LogP contribution in [0.5, 0.6) is 0 Å². The van der Waals surface area contributed by atoms with Crippen LogP contribution in [0.3, 0.4) is 0 Å². The van der Waals surface area contributed by atoms with E-state index in [0.717, 1.165) is 10.4 Å². The molecule has 4 heteroatoms. The van der Waals surface area contributed by atoms with Crippen LogP contribution in [-0.4, -0.2) is 0 Å². The minimum absolute atomic E-state index is 0.183. The molecule has 1 aromatic heterocycles. The fourth-order valence-electron chi connectivity index (χ4n) is 1.56. The van der Waals surface area contributed by atoms with Crippen LogP contribution < -0.4 is 5.73 Å². The van der Waals surface area contributed by atoms with Gasteiger partial charge in [-0.1, -0.05) is 6.07 Å². The van der Waals surface area contributed by atoms with Crippen molar-refractivity contribution in [2.24, 2.45) is 5.73 Å². The van der Waals surface area contributed by atoms with Crippen LogP contribution >= 0.6 is 27.3 Å². The third kappa shape index (κ3) is 2.19. The molecule has 2 rings (SSSR count). The highest BCUT2D eigenvalue weighted by atomic mass is 79.9. The summed E-state index contributed by atoms with van der Waals surface area (Å²) in [4.78, 5) is 1.12. The molecule has 16 heavy (non-hydrogen) atoms. The Morgan fingerprint density at radius 3 is 2.69 bits per heavy atom.